The Morgan fingerprint density at radius 3 is 2.42 bits per heavy atom. The number of fused-ring (bicyclic) bond motifs is 1. The lowest BCUT2D eigenvalue weighted by molar-refractivity contribution is -0.138. The highest BCUT2D eigenvalue weighted by Crippen LogP contribution is 2.34. The van der Waals surface area contributed by atoms with Gasteiger partial charge < -0.3 is 9.64 Å². The van der Waals surface area contributed by atoms with E-state index in [0.717, 1.165) is 29.7 Å². The normalized spacial score (nSPS) is 16.5. The molecular formula is C26H30N2O3. The number of hydrogen-bond acceptors (Lipinski definition) is 4. The maximum atomic E-state index is 13.5. The van der Waals surface area contributed by atoms with Gasteiger partial charge in [0.05, 0.1) is 24.8 Å². The summed E-state index contributed by atoms with van der Waals surface area (Å²) in [6.45, 7) is 9.93. The van der Waals surface area contributed by atoms with Gasteiger partial charge in [-0.2, -0.15) is 0 Å². The molecule has 2 amide bonds. The fourth-order valence-corrected chi connectivity index (χ4v) is 4.28. The van der Waals surface area contributed by atoms with E-state index >= 15 is 0 Å². The van der Waals surface area contributed by atoms with Crippen molar-refractivity contribution >= 4 is 17.4 Å². The van der Waals surface area contributed by atoms with E-state index in [9.17, 15) is 9.59 Å². The summed E-state index contributed by atoms with van der Waals surface area (Å²) < 4.78 is 5.63. The van der Waals surface area contributed by atoms with Gasteiger partial charge in [-0.25, -0.2) is 0 Å². The molecule has 2 aromatic rings. The van der Waals surface area contributed by atoms with Crippen molar-refractivity contribution in [2.75, 3.05) is 19.7 Å². The van der Waals surface area contributed by atoms with Crippen LogP contribution in [0.5, 0.6) is 0 Å². The zero-order chi connectivity index (χ0) is 22.1. The molecule has 0 spiro atoms. The molecule has 5 heteroatoms. The fourth-order valence-electron chi connectivity index (χ4n) is 4.28. The number of ether oxygens (including phenoxy) is 1. The first-order valence-electron chi connectivity index (χ1n) is 11.0. The number of carbonyl (C=O) groups is 2. The molecule has 0 saturated heterocycles. The summed E-state index contributed by atoms with van der Waals surface area (Å²) in [5.41, 5.74) is 6.63. The second-order valence-electron chi connectivity index (χ2n) is 8.64. The van der Waals surface area contributed by atoms with Gasteiger partial charge in [-0.15, -0.1) is 0 Å². The highest BCUT2D eigenvalue weighted by Gasteiger charge is 2.42. The van der Waals surface area contributed by atoms with Crippen molar-refractivity contribution in [1.29, 1.82) is 0 Å². The molecule has 31 heavy (non-hydrogen) atoms. The number of rotatable bonds is 6. The maximum Gasteiger partial charge on any atom is 0.277 e. The van der Waals surface area contributed by atoms with Crippen LogP contribution in [-0.2, 0) is 27.3 Å². The number of benzene rings is 2. The Morgan fingerprint density at radius 2 is 1.71 bits per heavy atom. The Kier molecular flexibility index (Phi) is 5.96. The van der Waals surface area contributed by atoms with Crippen LogP contribution in [0, 0.1) is 13.8 Å². The zero-order valence-corrected chi connectivity index (χ0v) is 18.8. The van der Waals surface area contributed by atoms with E-state index in [2.05, 4.69) is 23.1 Å². The minimum Gasteiger partial charge on any atom is -0.377 e. The number of nitrogens with zero attached hydrogens (tertiary/aromatic N) is 2. The lowest BCUT2D eigenvalue weighted by atomic mass is 9.96. The van der Waals surface area contributed by atoms with Crippen LogP contribution in [0.1, 0.15) is 41.7 Å². The summed E-state index contributed by atoms with van der Waals surface area (Å²) in [6, 6.07) is 14.3. The molecule has 0 fully saturated rings. The topological polar surface area (TPSA) is 49.9 Å². The van der Waals surface area contributed by atoms with Gasteiger partial charge in [-0.1, -0.05) is 42.5 Å². The van der Waals surface area contributed by atoms with Gasteiger partial charge in [0.2, 0.25) is 0 Å². The molecule has 2 heterocycles. The Balaban J connectivity index is 1.72. The second-order valence-corrected chi connectivity index (χ2v) is 8.64. The van der Waals surface area contributed by atoms with E-state index < -0.39 is 0 Å². The molecule has 0 aliphatic carbocycles. The van der Waals surface area contributed by atoms with Gasteiger partial charge in [0, 0.05) is 13.1 Å². The van der Waals surface area contributed by atoms with Crippen molar-refractivity contribution in [3.05, 3.63) is 76.0 Å². The van der Waals surface area contributed by atoms with Crippen molar-refractivity contribution < 1.29 is 14.3 Å². The van der Waals surface area contributed by atoms with Crippen LogP contribution in [0.4, 0.5) is 0 Å². The number of amides is 2. The van der Waals surface area contributed by atoms with E-state index in [1.165, 1.54) is 16.0 Å². The quantitative estimate of drug-likeness (QED) is 0.669. The van der Waals surface area contributed by atoms with Gasteiger partial charge in [-0.05, 0) is 61.9 Å². The summed E-state index contributed by atoms with van der Waals surface area (Å²) >= 11 is 0. The molecule has 4 rings (SSSR count). The lowest BCUT2D eigenvalue weighted by Gasteiger charge is -2.31. The molecule has 2 aliphatic rings. The highest BCUT2D eigenvalue weighted by molar-refractivity contribution is 6.35. The molecular weight excluding hydrogens is 388 g/mol. The van der Waals surface area contributed by atoms with Gasteiger partial charge in [-0.3, -0.25) is 14.5 Å². The smallest absolute Gasteiger partial charge is 0.277 e. The molecule has 0 radical (unpaired) electrons. The van der Waals surface area contributed by atoms with E-state index in [0.29, 0.717) is 24.4 Å². The molecule has 2 aliphatic heterocycles. The van der Waals surface area contributed by atoms with Crippen molar-refractivity contribution in [3.8, 4) is 0 Å². The van der Waals surface area contributed by atoms with Crippen LogP contribution in [0.3, 0.4) is 0 Å². The molecule has 0 saturated carbocycles. The molecule has 0 bridgehead atoms. The number of aryl methyl sites for hydroxylation is 2. The fraction of sp³-hybridized carbons (Fsp3) is 0.385. The van der Waals surface area contributed by atoms with Crippen LogP contribution in [-0.4, -0.2) is 47.4 Å². The van der Waals surface area contributed by atoms with Gasteiger partial charge in [0.25, 0.3) is 11.8 Å². The Morgan fingerprint density at radius 1 is 0.968 bits per heavy atom. The molecule has 0 N–H and O–H groups in total. The molecule has 0 aromatic heterocycles. The molecule has 162 valence electrons. The molecule has 5 nitrogen and oxygen atoms in total. The number of hydrogen-bond donors (Lipinski definition) is 0. The van der Waals surface area contributed by atoms with Crippen molar-refractivity contribution in [2.45, 2.75) is 46.8 Å². The summed E-state index contributed by atoms with van der Waals surface area (Å²) in [4.78, 5) is 30.4. The third kappa shape index (κ3) is 4.15. The predicted molar refractivity (Wildman–Crippen MR) is 121 cm³/mol. The van der Waals surface area contributed by atoms with Crippen LogP contribution in [0.15, 0.2) is 48.2 Å². The average Bonchev–Trinajstić information content (AvgIpc) is 3.00. The molecule has 2 aromatic carbocycles. The highest BCUT2D eigenvalue weighted by atomic mass is 16.5. The van der Waals surface area contributed by atoms with Crippen LogP contribution in [0.2, 0.25) is 0 Å². The summed E-state index contributed by atoms with van der Waals surface area (Å²) in [6.07, 6.45) is 0.913. The number of carbonyl (C=O) groups excluding carboxylic acids is 2. The third-order valence-electron chi connectivity index (χ3n) is 6.15. The predicted octanol–water partition coefficient (Wildman–Crippen LogP) is 3.87. The minimum atomic E-state index is -0.227. The molecule has 0 unspecified atom stereocenters. The van der Waals surface area contributed by atoms with Crippen LogP contribution >= 0.6 is 0 Å². The maximum absolute atomic E-state index is 13.5. The van der Waals surface area contributed by atoms with E-state index in [1.807, 2.05) is 52.0 Å². The zero-order valence-electron chi connectivity index (χ0n) is 18.8. The van der Waals surface area contributed by atoms with Crippen molar-refractivity contribution in [3.63, 3.8) is 0 Å². The average molecular weight is 419 g/mol. The van der Waals surface area contributed by atoms with E-state index in [4.69, 9.17) is 4.74 Å². The van der Waals surface area contributed by atoms with Crippen LogP contribution in [0.25, 0.3) is 5.57 Å². The van der Waals surface area contributed by atoms with E-state index in [1.54, 1.807) is 0 Å². The monoisotopic (exact) mass is 418 g/mol. The van der Waals surface area contributed by atoms with E-state index in [-0.39, 0.29) is 24.5 Å². The first-order valence-corrected chi connectivity index (χ1v) is 11.0. The third-order valence-corrected chi connectivity index (χ3v) is 6.15. The van der Waals surface area contributed by atoms with Crippen molar-refractivity contribution in [2.24, 2.45) is 0 Å². The first-order chi connectivity index (χ1) is 14.9. The summed E-state index contributed by atoms with van der Waals surface area (Å²) in [5.74, 6) is -0.445. The Hall–Kier alpha value is -2.92. The molecule has 0 atom stereocenters. The second kappa shape index (κ2) is 8.67. The SMILES string of the molecule is Cc1ccc(C2=C(N3CCc4ccccc4C3)C(=O)N(CCOC(C)C)C2=O)cc1C. The summed E-state index contributed by atoms with van der Waals surface area (Å²) in [5, 5.41) is 0. The first kappa shape index (κ1) is 21.3. The Bertz CT molecular complexity index is 1050. The standard InChI is InChI=1S/C26H30N2O3/c1-17(2)31-14-13-28-25(29)23(21-10-9-18(3)19(4)15-21)24(26(28)30)27-12-11-20-7-5-6-8-22(20)16-27/h5-10,15,17H,11-14,16H2,1-4H3. The number of imide groups is 1. The van der Waals surface area contributed by atoms with Crippen molar-refractivity contribution in [1.82, 2.24) is 9.80 Å². The van der Waals surface area contributed by atoms with Crippen LogP contribution < -0.4 is 0 Å². The van der Waals surface area contributed by atoms with Gasteiger partial charge >= 0.3 is 0 Å². The van der Waals surface area contributed by atoms with Gasteiger partial charge in [0.1, 0.15) is 5.70 Å². The summed E-state index contributed by atoms with van der Waals surface area (Å²) in [7, 11) is 0. The largest absolute Gasteiger partial charge is 0.377 e. The minimum absolute atomic E-state index is 0.0538. The lowest BCUT2D eigenvalue weighted by Crippen LogP contribution is -2.39. The Labute approximate surface area is 184 Å². The van der Waals surface area contributed by atoms with Gasteiger partial charge in [0.15, 0.2) is 0 Å².